The minimum absolute atomic E-state index is 0.191. The number of thiazole rings is 1. The summed E-state index contributed by atoms with van der Waals surface area (Å²) in [7, 11) is 3.64. The standard InChI is InChI=1S/C17H24FN5S/c1-13-11-21-16(24-13)12-22-17(19-2)20-9-6-10-23(3)15-8-5-4-7-14(15)18/h4-5,7-8,11H,6,9-10,12H2,1-3H3,(H2,19,20,22). The van der Waals surface area contributed by atoms with Gasteiger partial charge in [-0.15, -0.1) is 11.3 Å². The van der Waals surface area contributed by atoms with E-state index in [1.54, 1.807) is 30.5 Å². The molecule has 0 aliphatic rings. The van der Waals surface area contributed by atoms with Gasteiger partial charge in [0, 0.05) is 38.3 Å². The molecule has 0 unspecified atom stereocenters. The number of halogens is 1. The number of hydrogen-bond donors (Lipinski definition) is 2. The van der Waals surface area contributed by atoms with E-state index in [1.807, 2.05) is 31.1 Å². The Kier molecular flexibility index (Phi) is 6.99. The highest BCUT2D eigenvalue weighted by Crippen LogP contribution is 2.16. The predicted octanol–water partition coefficient (Wildman–Crippen LogP) is 2.78. The molecule has 1 aromatic heterocycles. The number of para-hydroxylation sites is 1. The van der Waals surface area contributed by atoms with Crippen LogP contribution < -0.4 is 15.5 Å². The summed E-state index contributed by atoms with van der Waals surface area (Å²) < 4.78 is 13.7. The van der Waals surface area contributed by atoms with Crippen LogP contribution in [-0.2, 0) is 6.54 Å². The summed E-state index contributed by atoms with van der Waals surface area (Å²) in [5.41, 5.74) is 0.624. The Morgan fingerprint density at radius 3 is 2.79 bits per heavy atom. The smallest absolute Gasteiger partial charge is 0.191 e. The van der Waals surface area contributed by atoms with Crippen molar-refractivity contribution in [3.05, 3.63) is 46.2 Å². The Hall–Kier alpha value is -2.15. The lowest BCUT2D eigenvalue weighted by Gasteiger charge is -2.20. The number of guanidine groups is 1. The molecule has 0 spiro atoms. The van der Waals surface area contributed by atoms with Gasteiger partial charge < -0.3 is 15.5 Å². The summed E-state index contributed by atoms with van der Waals surface area (Å²) in [5.74, 6) is 0.556. The Morgan fingerprint density at radius 1 is 1.33 bits per heavy atom. The third kappa shape index (κ3) is 5.49. The van der Waals surface area contributed by atoms with E-state index in [1.165, 1.54) is 10.9 Å². The van der Waals surface area contributed by atoms with Crippen LogP contribution in [0.2, 0.25) is 0 Å². The van der Waals surface area contributed by atoms with Crippen molar-refractivity contribution in [2.24, 2.45) is 4.99 Å². The van der Waals surface area contributed by atoms with Crippen LogP contribution in [-0.4, -0.2) is 38.1 Å². The van der Waals surface area contributed by atoms with Gasteiger partial charge in [0.25, 0.3) is 0 Å². The molecule has 0 amide bonds. The van der Waals surface area contributed by atoms with Crippen LogP contribution in [0.4, 0.5) is 10.1 Å². The molecule has 0 aliphatic heterocycles. The van der Waals surface area contributed by atoms with E-state index >= 15 is 0 Å². The van der Waals surface area contributed by atoms with Gasteiger partial charge in [0.2, 0.25) is 0 Å². The van der Waals surface area contributed by atoms with Crippen molar-refractivity contribution >= 4 is 23.0 Å². The van der Waals surface area contributed by atoms with Crippen LogP contribution in [0.3, 0.4) is 0 Å². The first-order valence-electron chi connectivity index (χ1n) is 7.91. The van der Waals surface area contributed by atoms with Gasteiger partial charge in [-0.3, -0.25) is 4.99 Å². The molecule has 0 saturated carbocycles. The first-order chi connectivity index (χ1) is 11.6. The average molecular weight is 349 g/mol. The molecule has 1 heterocycles. The molecule has 0 saturated heterocycles. The molecule has 130 valence electrons. The SMILES string of the molecule is CN=C(NCCCN(C)c1ccccc1F)NCc1ncc(C)s1. The topological polar surface area (TPSA) is 52.6 Å². The first kappa shape index (κ1) is 18.2. The highest BCUT2D eigenvalue weighted by molar-refractivity contribution is 7.11. The molecule has 1 aromatic carbocycles. The van der Waals surface area contributed by atoms with Crippen LogP contribution in [0.15, 0.2) is 35.5 Å². The number of benzene rings is 1. The summed E-state index contributed by atoms with van der Waals surface area (Å²) in [4.78, 5) is 11.6. The molecule has 2 N–H and O–H groups in total. The van der Waals surface area contributed by atoms with Crippen molar-refractivity contribution in [1.29, 1.82) is 0 Å². The molecule has 7 heteroatoms. The van der Waals surface area contributed by atoms with Gasteiger partial charge in [0.05, 0.1) is 12.2 Å². The minimum atomic E-state index is -0.191. The highest BCUT2D eigenvalue weighted by Gasteiger charge is 2.06. The third-order valence-electron chi connectivity index (χ3n) is 3.53. The number of hydrogen-bond acceptors (Lipinski definition) is 4. The maximum absolute atomic E-state index is 13.7. The van der Waals surface area contributed by atoms with Gasteiger partial charge in [-0.1, -0.05) is 12.1 Å². The summed E-state index contributed by atoms with van der Waals surface area (Å²) in [6.07, 6.45) is 2.75. The van der Waals surface area contributed by atoms with Gasteiger partial charge in [0.15, 0.2) is 5.96 Å². The summed E-state index contributed by atoms with van der Waals surface area (Å²) in [6, 6.07) is 6.82. The van der Waals surface area contributed by atoms with Crippen LogP contribution in [0.1, 0.15) is 16.3 Å². The number of rotatable bonds is 7. The number of nitrogens with one attached hydrogen (secondary N) is 2. The van der Waals surface area contributed by atoms with E-state index in [9.17, 15) is 4.39 Å². The van der Waals surface area contributed by atoms with E-state index in [0.717, 1.165) is 30.5 Å². The lowest BCUT2D eigenvalue weighted by molar-refractivity contribution is 0.619. The lowest BCUT2D eigenvalue weighted by Crippen LogP contribution is -2.38. The molecular formula is C17H24FN5S. The Labute approximate surface area is 146 Å². The maximum Gasteiger partial charge on any atom is 0.191 e. The molecule has 0 bridgehead atoms. The molecule has 2 rings (SSSR count). The average Bonchev–Trinajstić information content (AvgIpc) is 3.00. The van der Waals surface area contributed by atoms with Crippen LogP contribution in [0.5, 0.6) is 0 Å². The van der Waals surface area contributed by atoms with E-state index in [0.29, 0.717) is 12.2 Å². The van der Waals surface area contributed by atoms with Crippen molar-refractivity contribution in [3.63, 3.8) is 0 Å². The molecule has 0 fully saturated rings. The van der Waals surface area contributed by atoms with Crippen LogP contribution >= 0.6 is 11.3 Å². The molecular weight excluding hydrogens is 325 g/mol. The largest absolute Gasteiger partial charge is 0.372 e. The molecule has 0 aliphatic carbocycles. The molecule has 24 heavy (non-hydrogen) atoms. The zero-order valence-corrected chi connectivity index (χ0v) is 15.2. The zero-order chi connectivity index (χ0) is 17.4. The molecule has 5 nitrogen and oxygen atoms in total. The summed E-state index contributed by atoms with van der Waals surface area (Å²) in [5, 5.41) is 7.54. The summed E-state index contributed by atoms with van der Waals surface area (Å²) >= 11 is 1.67. The number of aliphatic imine (C=N–C) groups is 1. The van der Waals surface area contributed by atoms with Gasteiger partial charge in [0.1, 0.15) is 10.8 Å². The second kappa shape index (κ2) is 9.22. The van der Waals surface area contributed by atoms with Gasteiger partial charge in [-0.05, 0) is 25.5 Å². The molecule has 0 atom stereocenters. The van der Waals surface area contributed by atoms with Crippen molar-refractivity contribution in [2.75, 3.05) is 32.1 Å². The number of nitrogens with zero attached hydrogens (tertiary/aromatic N) is 3. The summed E-state index contributed by atoms with van der Waals surface area (Å²) in [6.45, 7) is 4.22. The fraction of sp³-hybridized carbons (Fsp3) is 0.412. The normalized spacial score (nSPS) is 11.4. The molecule has 2 aromatic rings. The Balaban J connectivity index is 1.69. The Morgan fingerprint density at radius 2 is 2.12 bits per heavy atom. The zero-order valence-electron chi connectivity index (χ0n) is 14.3. The van der Waals surface area contributed by atoms with Crippen molar-refractivity contribution in [2.45, 2.75) is 19.9 Å². The number of aromatic nitrogens is 1. The highest BCUT2D eigenvalue weighted by atomic mass is 32.1. The predicted molar refractivity (Wildman–Crippen MR) is 99.3 cm³/mol. The van der Waals surface area contributed by atoms with Gasteiger partial charge >= 0.3 is 0 Å². The fourth-order valence-electron chi connectivity index (χ4n) is 2.27. The first-order valence-corrected chi connectivity index (χ1v) is 8.73. The monoisotopic (exact) mass is 349 g/mol. The van der Waals surface area contributed by atoms with Crippen molar-refractivity contribution in [1.82, 2.24) is 15.6 Å². The number of anilines is 1. The van der Waals surface area contributed by atoms with E-state index in [4.69, 9.17) is 0 Å². The van der Waals surface area contributed by atoms with E-state index < -0.39 is 0 Å². The Bertz CT molecular complexity index is 671. The van der Waals surface area contributed by atoms with E-state index in [2.05, 4.69) is 20.6 Å². The fourth-order valence-corrected chi connectivity index (χ4v) is 2.99. The maximum atomic E-state index is 13.7. The second-order valence-corrected chi connectivity index (χ2v) is 6.76. The van der Waals surface area contributed by atoms with Gasteiger partial charge in [-0.25, -0.2) is 9.37 Å². The van der Waals surface area contributed by atoms with E-state index in [-0.39, 0.29) is 5.82 Å². The van der Waals surface area contributed by atoms with Crippen molar-refractivity contribution < 1.29 is 4.39 Å². The third-order valence-corrected chi connectivity index (χ3v) is 4.44. The lowest BCUT2D eigenvalue weighted by atomic mass is 10.2. The molecule has 0 radical (unpaired) electrons. The number of aryl methyl sites for hydroxylation is 1. The van der Waals surface area contributed by atoms with Crippen molar-refractivity contribution in [3.8, 4) is 0 Å². The second-order valence-electron chi connectivity index (χ2n) is 5.44. The van der Waals surface area contributed by atoms with Crippen LogP contribution in [0, 0.1) is 12.7 Å². The quantitative estimate of drug-likeness (QED) is 0.458. The van der Waals surface area contributed by atoms with Gasteiger partial charge in [-0.2, -0.15) is 0 Å². The minimum Gasteiger partial charge on any atom is -0.372 e. The van der Waals surface area contributed by atoms with Crippen LogP contribution in [0.25, 0.3) is 0 Å².